The highest BCUT2D eigenvalue weighted by Crippen LogP contribution is 2.29. The monoisotopic (exact) mass is 359 g/mol. The molecule has 25 heavy (non-hydrogen) atoms. The molecule has 8 heteroatoms. The number of benzene rings is 1. The molecular formula is C17H17N3O4S. The second kappa shape index (κ2) is 7.80. The zero-order valence-corrected chi connectivity index (χ0v) is 14.6. The van der Waals surface area contributed by atoms with Crippen LogP contribution in [0.3, 0.4) is 0 Å². The Morgan fingerprint density at radius 3 is 2.88 bits per heavy atom. The van der Waals surface area contributed by atoms with Crippen LogP contribution in [0.1, 0.15) is 12.3 Å². The average Bonchev–Trinajstić information content (AvgIpc) is 3.31. The lowest BCUT2D eigenvalue weighted by molar-refractivity contribution is -0.116. The first-order chi connectivity index (χ1) is 12.2. The highest BCUT2D eigenvalue weighted by atomic mass is 32.1. The molecule has 0 spiro atoms. The number of nitrogens with zero attached hydrogens (tertiary/aromatic N) is 2. The molecule has 0 aliphatic heterocycles. The van der Waals surface area contributed by atoms with Gasteiger partial charge in [0.25, 0.3) is 0 Å². The van der Waals surface area contributed by atoms with Crippen LogP contribution in [0.2, 0.25) is 0 Å². The van der Waals surface area contributed by atoms with Crippen LogP contribution in [0, 0.1) is 0 Å². The Morgan fingerprint density at radius 1 is 1.28 bits per heavy atom. The number of aromatic nitrogens is 2. The molecule has 0 radical (unpaired) electrons. The molecule has 3 rings (SSSR count). The molecule has 1 N–H and O–H groups in total. The van der Waals surface area contributed by atoms with E-state index in [1.54, 1.807) is 36.6 Å². The molecule has 7 nitrogen and oxygen atoms in total. The molecule has 0 unspecified atom stereocenters. The fourth-order valence-electron chi connectivity index (χ4n) is 2.20. The third-order valence-electron chi connectivity index (χ3n) is 3.50. The van der Waals surface area contributed by atoms with Gasteiger partial charge in [0.2, 0.25) is 17.6 Å². The van der Waals surface area contributed by atoms with E-state index in [-0.39, 0.29) is 12.3 Å². The maximum absolute atomic E-state index is 12.2. The van der Waals surface area contributed by atoms with Crippen molar-refractivity contribution in [3.8, 4) is 22.9 Å². The van der Waals surface area contributed by atoms with Crippen LogP contribution in [-0.4, -0.2) is 30.3 Å². The third-order valence-corrected chi connectivity index (χ3v) is 4.18. The van der Waals surface area contributed by atoms with Crippen molar-refractivity contribution in [2.75, 3.05) is 19.5 Å². The highest BCUT2D eigenvalue weighted by molar-refractivity contribution is 7.08. The first kappa shape index (κ1) is 17.0. The molecule has 0 atom stereocenters. The summed E-state index contributed by atoms with van der Waals surface area (Å²) in [4.78, 5) is 16.5. The van der Waals surface area contributed by atoms with Crippen molar-refractivity contribution in [3.63, 3.8) is 0 Å². The Bertz CT molecular complexity index is 845. The van der Waals surface area contributed by atoms with Crippen LogP contribution in [0.15, 0.2) is 39.5 Å². The van der Waals surface area contributed by atoms with Gasteiger partial charge in [-0.1, -0.05) is 5.16 Å². The fraction of sp³-hybridized carbons (Fsp3) is 0.235. The van der Waals surface area contributed by atoms with E-state index in [9.17, 15) is 4.79 Å². The van der Waals surface area contributed by atoms with Gasteiger partial charge in [-0.2, -0.15) is 16.3 Å². The number of hydrogen-bond acceptors (Lipinski definition) is 7. The van der Waals surface area contributed by atoms with E-state index in [0.717, 1.165) is 5.56 Å². The average molecular weight is 359 g/mol. The molecule has 2 aromatic heterocycles. The van der Waals surface area contributed by atoms with E-state index in [1.165, 1.54) is 7.11 Å². The lowest BCUT2D eigenvalue weighted by Gasteiger charge is -2.11. The molecule has 0 saturated carbocycles. The van der Waals surface area contributed by atoms with Crippen molar-refractivity contribution in [2.24, 2.45) is 0 Å². The first-order valence-electron chi connectivity index (χ1n) is 7.56. The smallest absolute Gasteiger partial charge is 0.227 e. The number of aryl methyl sites for hydroxylation is 1. The number of methoxy groups -OCH3 is 2. The zero-order valence-electron chi connectivity index (χ0n) is 13.8. The molecular weight excluding hydrogens is 342 g/mol. The van der Waals surface area contributed by atoms with Crippen molar-refractivity contribution >= 4 is 22.9 Å². The van der Waals surface area contributed by atoms with E-state index in [2.05, 4.69) is 15.5 Å². The van der Waals surface area contributed by atoms with Gasteiger partial charge in [0.1, 0.15) is 11.5 Å². The number of rotatable bonds is 7. The number of anilines is 1. The Morgan fingerprint density at radius 2 is 2.16 bits per heavy atom. The molecule has 0 aliphatic rings. The van der Waals surface area contributed by atoms with Gasteiger partial charge >= 0.3 is 0 Å². The van der Waals surface area contributed by atoms with Crippen molar-refractivity contribution in [1.82, 2.24) is 10.1 Å². The predicted molar refractivity (Wildman–Crippen MR) is 94.1 cm³/mol. The van der Waals surface area contributed by atoms with E-state index < -0.39 is 0 Å². The minimum Gasteiger partial charge on any atom is -0.497 e. The van der Waals surface area contributed by atoms with Crippen LogP contribution in [0.5, 0.6) is 11.5 Å². The quantitative estimate of drug-likeness (QED) is 0.696. The summed E-state index contributed by atoms with van der Waals surface area (Å²) in [5, 5.41) is 10.6. The summed E-state index contributed by atoms with van der Waals surface area (Å²) in [5.74, 6) is 1.98. The van der Waals surface area contributed by atoms with Gasteiger partial charge in [-0.3, -0.25) is 4.79 Å². The van der Waals surface area contributed by atoms with E-state index in [0.29, 0.717) is 35.3 Å². The Balaban J connectivity index is 1.58. The molecule has 1 aromatic carbocycles. The first-order valence-corrected chi connectivity index (χ1v) is 8.51. The normalized spacial score (nSPS) is 10.5. The summed E-state index contributed by atoms with van der Waals surface area (Å²) in [5.41, 5.74) is 1.49. The van der Waals surface area contributed by atoms with Crippen LogP contribution < -0.4 is 14.8 Å². The number of nitrogens with one attached hydrogen (secondary N) is 1. The number of ether oxygens (including phenoxy) is 2. The lowest BCUT2D eigenvalue weighted by Crippen LogP contribution is -2.13. The zero-order chi connectivity index (χ0) is 17.6. The number of carbonyl (C=O) groups excluding carboxylic acids is 1. The second-order valence-corrected chi connectivity index (χ2v) is 5.92. The van der Waals surface area contributed by atoms with Gasteiger partial charge < -0.3 is 19.3 Å². The molecule has 130 valence electrons. The molecule has 0 saturated heterocycles. The summed E-state index contributed by atoms with van der Waals surface area (Å²) >= 11 is 1.56. The minimum absolute atomic E-state index is 0.168. The molecule has 0 bridgehead atoms. The predicted octanol–water partition coefficient (Wildman–Crippen LogP) is 3.39. The fourth-order valence-corrected chi connectivity index (χ4v) is 2.83. The summed E-state index contributed by atoms with van der Waals surface area (Å²) in [6.07, 6.45) is 0.585. The number of thiophene rings is 1. The molecule has 3 aromatic rings. The highest BCUT2D eigenvalue weighted by Gasteiger charge is 2.13. The topological polar surface area (TPSA) is 86.5 Å². The van der Waals surface area contributed by atoms with Crippen LogP contribution in [0.4, 0.5) is 5.69 Å². The van der Waals surface area contributed by atoms with Crippen molar-refractivity contribution < 1.29 is 18.8 Å². The van der Waals surface area contributed by atoms with Crippen LogP contribution in [0.25, 0.3) is 11.4 Å². The number of amides is 1. The standard InChI is InChI=1S/C17H17N3O4S/c1-22-12-3-4-13(14(9-12)23-2)18-15(21)5-6-16-19-17(20-24-16)11-7-8-25-10-11/h3-4,7-10H,5-6H2,1-2H3,(H,18,21). The molecule has 0 fully saturated rings. The summed E-state index contributed by atoms with van der Waals surface area (Å²) in [7, 11) is 3.11. The van der Waals surface area contributed by atoms with Gasteiger partial charge in [-0.15, -0.1) is 0 Å². The number of hydrogen-bond donors (Lipinski definition) is 1. The largest absolute Gasteiger partial charge is 0.497 e. The van der Waals surface area contributed by atoms with Crippen molar-refractivity contribution in [3.05, 3.63) is 40.9 Å². The van der Waals surface area contributed by atoms with Gasteiger partial charge in [-0.05, 0) is 23.6 Å². The van der Waals surface area contributed by atoms with Crippen molar-refractivity contribution in [2.45, 2.75) is 12.8 Å². The van der Waals surface area contributed by atoms with Crippen LogP contribution >= 0.6 is 11.3 Å². The second-order valence-electron chi connectivity index (χ2n) is 5.14. The minimum atomic E-state index is -0.168. The van der Waals surface area contributed by atoms with Gasteiger partial charge in [-0.25, -0.2) is 0 Å². The maximum atomic E-state index is 12.2. The van der Waals surface area contributed by atoms with E-state index >= 15 is 0 Å². The molecule has 2 heterocycles. The Labute approximate surface area is 148 Å². The van der Waals surface area contributed by atoms with E-state index in [4.69, 9.17) is 14.0 Å². The van der Waals surface area contributed by atoms with Gasteiger partial charge in [0, 0.05) is 29.9 Å². The lowest BCUT2D eigenvalue weighted by atomic mass is 10.2. The molecule has 1 amide bonds. The van der Waals surface area contributed by atoms with E-state index in [1.807, 2.05) is 16.8 Å². The molecule has 0 aliphatic carbocycles. The van der Waals surface area contributed by atoms with Gasteiger partial charge in [0.15, 0.2) is 0 Å². The summed E-state index contributed by atoms with van der Waals surface area (Å²) in [6.45, 7) is 0. The van der Waals surface area contributed by atoms with Gasteiger partial charge in [0.05, 0.1) is 19.9 Å². The maximum Gasteiger partial charge on any atom is 0.227 e. The third kappa shape index (κ3) is 4.16. The summed E-state index contributed by atoms with van der Waals surface area (Å²) < 4.78 is 15.6. The Hall–Kier alpha value is -2.87. The number of carbonyl (C=O) groups is 1. The summed E-state index contributed by atoms with van der Waals surface area (Å²) in [6, 6.07) is 7.11. The Kier molecular flexibility index (Phi) is 5.30. The SMILES string of the molecule is COc1ccc(NC(=O)CCc2nc(-c3ccsc3)no2)c(OC)c1. The van der Waals surface area contributed by atoms with Crippen LogP contribution in [-0.2, 0) is 11.2 Å². The van der Waals surface area contributed by atoms with Crippen molar-refractivity contribution in [1.29, 1.82) is 0 Å².